The van der Waals surface area contributed by atoms with E-state index in [2.05, 4.69) is 5.32 Å². The summed E-state index contributed by atoms with van der Waals surface area (Å²) in [6, 6.07) is 6.88. The van der Waals surface area contributed by atoms with Crippen LogP contribution in [0.15, 0.2) is 35.4 Å². The number of benzene rings is 1. The minimum absolute atomic E-state index is 0.210. The average Bonchev–Trinajstić information content (AvgIpc) is 2.74. The first kappa shape index (κ1) is 20.3. The number of likely N-dealkylation sites (tertiary alicyclic amines) is 1. The van der Waals surface area contributed by atoms with Gasteiger partial charge in [-0.15, -0.1) is 11.8 Å². The number of carbonyl (C=O) groups is 3. The van der Waals surface area contributed by atoms with Crippen LogP contribution in [0.1, 0.15) is 30.1 Å². The zero-order chi connectivity index (χ0) is 19.9. The first-order valence-electron chi connectivity index (χ1n) is 9.41. The predicted molar refractivity (Wildman–Crippen MR) is 107 cm³/mol. The molecule has 28 heavy (non-hydrogen) atoms. The predicted octanol–water partition coefficient (Wildman–Crippen LogP) is 2.65. The Morgan fingerprint density at radius 1 is 1.32 bits per heavy atom. The fourth-order valence-corrected chi connectivity index (χ4v) is 3.86. The number of carbonyl (C=O) groups excluding carboxylic acids is 3. The van der Waals surface area contributed by atoms with E-state index in [0.29, 0.717) is 44.0 Å². The van der Waals surface area contributed by atoms with Crippen molar-refractivity contribution in [2.75, 3.05) is 37.4 Å². The largest absolute Gasteiger partial charge is 0.487 e. The van der Waals surface area contributed by atoms with Crippen molar-refractivity contribution in [1.82, 2.24) is 4.90 Å². The molecule has 2 aliphatic rings. The van der Waals surface area contributed by atoms with Crippen LogP contribution in [0.5, 0.6) is 0 Å². The van der Waals surface area contributed by atoms with Crippen LogP contribution in [0.3, 0.4) is 0 Å². The zero-order valence-corrected chi connectivity index (χ0v) is 16.6. The zero-order valence-electron chi connectivity index (χ0n) is 15.8. The number of rotatable bonds is 5. The summed E-state index contributed by atoms with van der Waals surface area (Å²) in [7, 11) is 0. The SMILES string of the molecule is CCOC(=O)[C@@H]1CCCN(C(=O)c2ccccc2NC(=O)C2=CSCCO2)C1. The van der Waals surface area contributed by atoms with Gasteiger partial charge in [0.2, 0.25) is 0 Å². The van der Waals surface area contributed by atoms with Gasteiger partial charge in [-0.2, -0.15) is 0 Å². The monoisotopic (exact) mass is 404 g/mol. The molecule has 1 fully saturated rings. The molecule has 3 rings (SSSR count). The van der Waals surface area contributed by atoms with E-state index in [0.717, 1.165) is 12.2 Å². The lowest BCUT2D eigenvalue weighted by molar-refractivity contribution is -0.149. The van der Waals surface area contributed by atoms with Gasteiger partial charge in [-0.1, -0.05) is 12.1 Å². The number of esters is 1. The third-order valence-corrected chi connectivity index (χ3v) is 5.39. The Kier molecular flexibility index (Phi) is 6.97. The molecule has 1 atom stereocenters. The first-order valence-corrected chi connectivity index (χ1v) is 10.5. The summed E-state index contributed by atoms with van der Waals surface area (Å²) in [4.78, 5) is 39.2. The van der Waals surface area contributed by atoms with Gasteiger partial charge in [0.25, 0.3) is 11.8 Å². The van der Waals surface area contributed by atoms with Crippen LogP contribution in [0, 0.1) is 5.92 Å². The second kappa shape index (κ2) is 9.64. The number of nitrogens with one attached hydrogen (secondary N) is 1. The van der Waals surface area contributed by atoms with Crippen LogP contribution >= 0.6 is 11.8 Å². The maximum atomic E-state index is 13.1. The Balaban J connectivity index is 1.72. The van der Waals surface area contributed by atoms with Crippen LogP contribution in [-0.4, -0.2) is 54.7 Å². The van der Waals surface area contributed by atoms with E-state index < -0.39 is 0 Å². The number of nitrogens with zero attached hydrogens (tertiary/aromatic N) is 1. The van der Waals surface area contributed by atoms with Crippen LogP contribution in [-0.2, 0) is 19.1 Å². The van der Waals surface area contributed by atoms with E-state index in [1.54, 1.807) is 41.5 Å². The molecule has 0 aromatic heterocycles. The van der Waals surface area contributed by atoms with Crippen molar-refractivity contribution in [2.45, 2.75) is 19.8 Å². The van der Waals surface area contributed by atoms with E-state index in [-0.39, 0.29) is 29.5 Å². The number of hydrogen-bond acceptors (Lipinski definition) is 6. The molecule has 8 heteroatoms. The van der Waals surface area contributed by atoms with Crippen molar-refractivity contribution in [3.05, 3.63) is 41.0 Å². The molecular formula is C20H24N2O5S. The van der Waals surface area contributed by atoms with Crippen molar-refractivity contribution < 1.29 is 23.9 Å². The molecule has 0 radical (unpaired) electrons. The van der Waals surface area contributed by atoms with Crippen molar-refractivity contribution in [3.8, 4) is 0 Å². The maximum absolute atomic E-state index is 13.1. The summed E-state index contributed by atoms with van der Waals surface area (Å²) in [6.45, 7) is 3.47. The summed E-state index contributed by atoms with van der Waals surface area (Å²) in [6.07, 6.45) is 1.45. The van der Waals surface area contributed by atoms with Gasteiger partial charge >= 0.3 is 5.97 Å². The fraction of sp³-hybridized carbons (Fsp3) is 0.450. The van der Waals surface area contributed by atoms with Crippen molar-refractivity contribution in [1.29, 1.82) is 0 Å². The highest BCUT2D eigenvalue weighted by Crippen LogP contribution is 2.24. The van der Waals surface area contributed by atoms with Crippen LogP contribution in [0.4, 0.5) is 5.69 Å². The van der Waals surface area contributed by atoms with Gasteiger partial charge < -0.3 is 19.7 Å². The topological polar surface area (TPSA) is 84.9 Å². The van der Waals surface area contributed by atoms with Crippen LogP contribution < -0.4 is 5.32 Å². The van der Waals surface area contributed by atoms with Crippen molar-refractivity contribution in [3.63, 3.8) is 0 Å². The van der Waals surface area contributed by atoms with Crippen LogP contribution in [0.2, 0.25) is 0 Å². The Bertz CT molecular complexity index is 780. The number of ether oxygens (including phenoxy) is 2. The summed E-state index contributed by atoms with van der Waals surface area (Å²) in [5.41, 5.74) is 0.820. The van der Waals surface area contributed by atoms with Gasteiger partial charge in [0.1, 0.15) is 0 Å². The molecule has 1 aromatic rings. The minimum Gasteiger partial charge on any atom is -0.487 e. The molecule has 0 spiro atoms. The molecule has 1 aromatic carbocycles. The number of piperidine rings is 1. The molecule has 2 heterocycles. The van der Waals surface area contributed by atoms with E-state index in [9.17, 15) is 14.4 Å². The third-order valence-electron chi connectivity index (χ3n) is 4.61. The lowest BCUT2D eigenvalue weighted by Crippen LogP contribution is -2.43. The summed E-state index contributed by atoms with van der Waals surface area (Å²) in [5.74, 6) is -0.104. The Labute approximate surface area is 168 Å². The van der Waals surface area contributed by atoms with E-state index in [4.69, 9.17) is 9.47 Å². The molecule has 0 unspecified atom stereocenters. The summed E-state index contributed by atoms with van der Waals surface area (Å²) < 4.78 is 10.5. The smallest absolute Gasteiger partial charge is 0.310 e. The van der Waals surface area contributed by atoms with Crippen molar-refractivity contribution >= 4 is 35.2 Å². The van der Waals surface area contributed by atoms with Gasteiger partial charge in [-0.3, -0.25) is 14.4 Å². The molecule has 0 saturated carbocycles. The Morgan fingerprint density at radius 3 is 2.89 bits per heavy atom. The lowest BCUT2D eigenvalue weighted by atomic mass is 9.97. The molecule has 0 bridgehead atoms. The standard InChI is InChI=1S/C20H24N2O5S/c1-2-26-20(25)14-6-5-9-22(12-14)19(24)15-7-3-4-8-16(15)21-18(23)17-13-28-11-10-27-17/h3-4,7-8,13-14H,2,5-6,9-12H2,1H3,(H,21,23)/t14-/m1/s1. The second-order valence-corrected chi connectivity index (χ2v) is 7.52. The van der Waals surface area contributed by atoms with Gasteiger partial charge in [0.15, 0.2) is 5.76 Å². The minimum atomic E-state index is -0.379. The van der Waals surface area contributed by atoms with E-state index in [1.165, 1.54) is 11.8 Å². The molecule has 2 aliphatic heterocycles. The highest BCUT2D eigenvalue weighted by atomic mass is 32.2. The second-order valence-electron chi connectivity index (χ2n) is 6.54. The average molecular weight is 404 g/mol. The summed E-state index contributed by atoms with van der Waals surface area (Å²) >= 11 is 1.52. The van der Waals surface area contributed by atoms with Gasteiger partial charge in [0.05, 0.1) is 30.4 Å². The number of hydrogen-bond donors (Lipinski definition) is 1. The quantitative estimate of drug-likeness (QED) is 0.760. The first-order chi connectivity index (χ1) is 13.6. The third kappa shape index (κ3) is 4.86. The van der Waals surface area contributed by atoms with Crippen molar-refractivity contribution in [2.24, 2.45) is 5.92 Å². The number of para-hydroxylation sites is 1. The number of anilines is 1. The molecule has 150 valence electrons. The van der Waals surface area contributed by atoms with Crippen LogP contribution in [0.25, 0.3) is 0 Å². The Morgan fingerprint density at radius 2 is 2.14 bits per heavy atom. The van der Waals surface area contributed by atoms with Gasteiger partial charge in [-0.25, -0.2) is 0 Å². The molecular weight excluding hydrogens is 380 g/mol. The van der Waals surface area contributed by atoms with E-state index in [1.807, 2.05) is 0 Å². The highest BCUT2D eigenvalue weighted by Gasteiger charge is 2.30. The lowest BCUT2D eigenvalue weighted by Gasteiger charge is -2.32. The normalized spacial score (nSPS) is 19.2. The fourth-order valence-electron chi connectivity index (χ4n) is 3.23. The maximum Gasteiger partial charge on any atom is 0.310 e. The van der Waals surface area contributed by atoms with Gasteiger partial charge in [-0.05, 0) is 31.9 Å². The number of amides is 2. The molecule has 1 N–H and O–H groups in total. The molecule has 1 saturated heterocycles. The van der Waals surface area contributed by atoms with Gasteiger partial charge in [0, 0.05) is 24.3 Å². The molecule has 2 amide bonds. The molecule has 7 nitrogen and oxygen atoms in total. The summed E-state index contributed by atoms with van der Waals surface area (Å²) in [5, 5.41) is 4.45. The highest BCUT2D eigenvalue weighted by molar-refractivity contribution is 8.02. The number of thioether (sulfide) groups is 1. The molecule has 0 aliphatic carbocycles. The van der Waals surface area contributed by atoms with E-state index >= 15 is 0 Å². The Hall–Kier alpha value is -2.48.